The molecule has 1 aromatic carbocycles. The van der Waals surface area contributed by atoms with Crippen molar-refractivity contribution in [2.45, 2.75) is 48.4 Å². The Balaban J connectivity index is 1.29. The lowest BCUT2D eigenvalue weighted by molar-refractivity contribution is 0.0640. The third-order valence-corrected chi connectivity index (χ3v) is 9.94. The first-order valence-electron chi connectivity index (χ1n) is 11.6. The number of nitrogens with zero attached hydrogens (tertiary/aromatic N) is 2. The molecule has 2 aromatic rings. The van der Waals surface area contributed by atoms with E-state index in [1.54, 1.807) is 4.90 Å². The number of thiophene rings is 1. The standard InChI is InChI=1S/C25H28N2O5S2/c1-34(30,31)24-21-10-6-5-9-20(21)22(33-24)23(28)26-13-11-18(12-14-26)27-19(16-32-25(27)29)15-17-7-3-2-4-8-17/h2-4,6-8,10,18-19H,5,9,11-16H2,1H3/t19-/m0/s1. The molecule has 1 atom stereocenters. The number of ether oxygens (including phenoxy) is 1. The van der Waals surface area contributed by atoms with Gasteiger partial charge < -0.3 is 9.64 Å². The first-order chi connectivity index (χ1) is 16.3. The topological polar surface area (TPSA) is 84.0 Å². The average molecular weight is 501 g/mol. The number of cyclic esters (lactones) is 1. The molecule has 0 spiro atoms. The third kappa shape index (κ3) is 4.38. The van der Waals surface area contributed by atoms with Crippen LogP contribution in [0, 0.1) is 0 Å². The zero-order chi connectivity index (χ0) is 23.9. The quantitative estimate of drug-likeness (QED) is 0.624. The van der Waals surface area contributed by atoms with Gasteiger partial charge in [-0.2, -0.15) is 0 Å². The van der Waals surface area contributed by atoms with E-state index < -0.39 is 9.84 Å². The van der Waals surface area contributed by atoms with E-state index in [0.717, 1.165) is 29.7 Å². The molecule has 7 nitrogen and oxygen atoms in total. The molecule has 0 bridgehead atoms. The summed E-state index contributed by atoms with van der Waals surface area (Å²) in [6.45, 7) is 1.44. The molecule has 9 heteroatoms. The fourth-order valence-corrected chi connectivity index (χ4v) is 7.69. The number of allylic oxidation sites excluding steroid dienone is 1. The molecule has 0 unspecified atom stereocenters. The molecular formula is C25H28N2O5S2. The van der Waals surface area contributed by atoms with Gasteiger partial charge in [0.25, 0.3) is 5.91 Å². The van der Waals surface area contributed by atoms with Crippen molar-refractivity contribution >= 4 is 39.3 Å². The maximum Gasteiger partial charge on any atom is 0.410 e. The van der Waals surface area contributed by atoms with Crippen molar-refractivity contribution in [2.75, 3.05) is 26.0 Å². The maximum atomic E-state index is 13.4. The number of likely N-dealkylation sites (tertiary alicyclic amines) is 1. The number of piperidine rings is 1. The van der Waals surface area contributed by atoms with Crippen molar-refractivity contribution in [1.29, 1.82) is 0 Å². The summed E-state index contributed by atoms with van der Waals surface area (Å²) in [5.41, 5.74) is 2.70. The number of amides is 2. The summed E-state index contributed by atoms with van der Waals surface area (Å²) in [4.78, 5) is 30.2. The molecule has 0 radical (unpaired) electrons. The van der Waals surface area contributed by atoms with Crippen LogP contribution in [0.2, 0.25) is 0 Å². The molecule has 2 amide bonds. The van der Waals surface area contributed by atoms with Crippen LogP contribution in [0.3, 0.4) is 0 Å². The van der Waals surface area contributed by atoms with Crippen molar-refractivity contribution < 1.29 is 22.7 Å². The highest BCUT2D eigenvalue weighted by molar-refractivity contribution is 7.92. The predicted molar refractivity (Wildman–Crippen MR) is 131 cm³/mol. The molecule has 2 aliphatic heterocycles. The Hall–Kier alpha value is -2.65. The van der Waals surface area contributed by atoms with E-state index in [1.165, 1.54) is 11.8 Å². The molecule has 180 valence electrons. The van der Waals surface area contributed by atoms with Crippen LogP contribution in [-0.4, -0.2) is 68.3 Å². The lowest BCUT2D eigenvalue weighted by atomic mass is 9.97. The third-order valence-electron chi connectivity index (χ3n) is 6.85. The number of hydrogen-bond acceptors (Lipinski definition) is 6. The fraction of sp³-hybridized carbons (Fsp3) is 0.440. The van der Waals surface area contributed by atoms with E-state index in [0.29, 0.717) is 49.4 Å². The Labute approximate surface area is 203 Å². The number of fused-ring (bicyclic) bond motifs is 1. The number of sulfone groups is 1. The minimum Gasteiger partial charge on any atom is -0.447 e. The number of benzene rings is 1. The smallest absolute Gasteiger partial charge is 0.410 e. The first kappa shape index (κ1) is 23.1. The molecule has 2 fully saturated rings. The van der Waals surface area contributed by atoms with Crippen molar-refractivity contribution in [1.82, 2.24) is 9.80 Å². The minimum absolute atomic E-state index is 0.00410. The van der Waals surface area contributed by atoms with E-state index in [2.05, 4.69) is 12.1 Å². The van der Waals surface area contributed by atoms with Crippen LogP contribution in [0.5, 0.6) is 0 Å². The maximum absolute atomic E-state index is 13.4. The number of carbonyl (C=O) groups excluding carboxylic acids is 2. The van der Waals surface area contributed by atoms with Crippen LogP contribution in [0.25, 0.3) is 6.08 Å². The van der Waals surface area contributed by atoms with Crippen molar-refractivity contribution in [3.8, 4) is 0 Å². The number of rotatable bonds is 5. The monoisotopic (exact) mass is 500 g/mol. The summed E-state index contributed by atoms with van der Waals surface area (Å²) < 4.78 is 30.3. The molecule has 3 heterocycles. The minimum atomic E-state index is -3.41. The van der Waals surface area contributed by atoms with Crippen LogP contribution in [0.4, 0.5) is 4.79 Å². The molecule has 2 saturated heterocycles. The Morgan fingerprint density at radius 2 is 1.91 bits per heavy atom. The summed E-state index contributed by atoms with van der Waals surface area (Å²) in [7, 11) is -3.41. The Bertz CT molecular complexity index is 1230. The highest BCUT2D eigenvalue weighted by atomic mass is 32.2. The SMILES string of the molecule is CS(=O)(=O)c1sc(C(=O)N2CCC(N3C(=O)OC[C@@H]3Cc3ccccc3)CC2)c2c1C=CCC2. The lowest BCUT2D eigenvalue weighted by Gasteiger charge is -2.38. The highest BCUT2D eigenvalue weighted by Crippen LogP contribution is 2.38. The second-order valence-corrected chi connectivity index (χ2v) is 12.4. The average Bonchev–Trinajstić information content (AvgIpc) is 3.40. The lowest BCUT2D eigenvalue weighted by Crippen LogP contribution is -2.50. The number of carbonyl (C=O) groups is 2. The van der Waals surface area contributed by atoms with Crippen LogP contribution < -0.4 is 0 Å². The van der Waals surface area contributed by atoms with Crippen LogP contribution in [0.15, 0.2) is 40.6 Å². The predicted octanol–water partition coefficient (Wildman–Crippen LogP) is 3.78. The largest absolute Gasteiger partial charge is 0.447 e. The Morgan fingerprint density at radius 3 is 2.62 bits per heavy atom. The summed E-state index contributed by atoms with van der Waals surface area (Å²) >= 11 is 1.10. The second kappa shape index (κ2) is 9.19. The molecule has 34 heavy (non-hydrogen) atoms. The fourth-order valence-electron chi connectivity index (χ4n) is 5.20. The molecule has 0 N–H and O–H groups in total. The summed E-state index contributed by atoms with van der Waals surface area (Å²) in [5.74, 6) is -0.102. The van der Waals surface area contributed by atoms with Gasteiger partial charge in [-0.15, -0.1) is 11.3 Å². The van der Waals surface area contributed by atoms with Gasteiger partial charge in [0.1, 0.15) is 10.8 Å². The van der Waals surface area contributed by atoms with Gasteiger partial charge in [-0.3, -0.25) is 9.69 Å². The Morgan fingerprint density at radius 1 is 1.18 bits per heavy atom. The van der Waals surface area contributed by atoms with E-state index in [4.69, 9.17) is 4.74 Å². The van der Waals surface area contributed by atoms with Crippen molar-refractivity contribution in [2.24, 2.45) is 0 Å². The van der Waals surface area contributed by atoms with Gasteiger partial charge in [0.2, 0.25) is 0 Å². The first-order valence-corrected chi connectivity index (χ1v) is 14.3. The molecular weight excluding hydrogens is 472 g/mol. The summed E-state index contributed by atoms with van der Waals surface area (Å²) in [6, 6.07) is 10.1. The second-order valence-electron chi connectivity index (χ2n) is 9.18. The normalized spacial score (nSPS) is 21.0. The van der Waals surface area contributed by atoms with E-state index in [1.807, 2.05) is 35.3 Å². The zero-order valence-corrected chi connectivity index (χ0v) is 20.7. The van der Waals surface area contributed by atoms with Crippen molar-refractivity contribution in [3.05, 3.63) is 58.0 Å². The van der Waals surface area contributed by atoms with Gasteiger partial charge in [-0.25, -0.2) is 13.2 Å². The van der Waals surface area contributed by atoms with Gasteiger partial charge in [0.15, 0.2) is 9.84 Å². The van der Waals surface area contributed by atoms with Gasteiger partial charge in [-0.05, 0) is 43.2 Å². The molecule has 0 saturated carbocycles. The molecule has 3 aliphatic rings. The van der Waals surface area contributed by atoms with Crippen molar-refractivity contribution in [3.63, 3.8) is 0 Å². The van der Waals surface area contributed by atoms with E-state index in [9.17, 15) is 18.0 Å². The van der Waals surface area contributed by atoms with Gasteiger partial charge in [0, 0.05) is 31.0 Å². The number of hydrogen-bond donors (Lipinski definition) is 0. The highest BCUT2D eigenvalue weighted by Gasteiger charge is 2.40. The summed E-state index contributed by atoms with van der Waals surface area (Å²) in [6.07, 6.45) is 8.30. The van der Waals surface area contributed by atoms with Gasteiger partial charge in [0.05, 0.1) is 10.9 Å². The summed E-state index contributed by atoms with van der Waals surface area (Å²) in [5, 5.41) is 0. The zero-order valence-electron chi connectivity index (χ0n) is 19.1. The van der Waals surface area contributed by atoms with E-state index >= 15 is 0 Å². The molecule has 1 aromatic heterocycles. The molecule has 1 aliphatic carbocycles. The van der Waals surface area contributed by atoms with Crippen LogP contribution >= 0.6 is 11.3 Å². The van der Waals surface area contributed by atoms with Gasteiger partial charge >= 0.3 is 6.09 Å². The van der Waals surface area contributed by atoms with E-state index in [-0.39, 0.29) is 28.3 Å². The van der Waals surface area contributed by atoms with Gasteiger partial charge in [-0.1, -0.05) is 42.5 Å². The van der Waals surface area contributed by atoms with Crippen LogP contribution in [0.1, 0.15) is 45.6 Å². The Kier molecular flexibility index (Phi) is 6.24. The molecule has 5 rings (SSSR count). The van der Waals surface area contributed by atoms with Crippen LogP contribution in [-0.2, 0) is 27.4 Å².